The minimum atomic E-state index is 0.0621. The Labute approximate surface area is 233 Å². The fourth-order valence-corrected chi connectivity index (χ4v) is 6.48. The molecule has 1 aliphatic carbocycles. The number of nitrogens with one attached hydrogen (secondary N) is 3. The van der Waals surface area contributed by atoms with E-state index in [9.17, 15) is 9.59 Å². The van der Waals surface area contributed by atoms with Crippen LogP contribution in [0.2, 0.25) is 0 Å². The van der Waals surface area contributed by atoms with Crippen LogP contribution in [0.4, 0.5) is 5.69 Å². The Bertz CT molecular complexity index is 1910. The van der Waals surface area contributed by atoms with Gasteiger partial charge in [-0.05, 0) is 67.8 Å². The van der Waals surface area contributed by atoms with Crippen LogP contribution >= 0.6 is 11.3 Å². The fraction of sp³-hybridized carbons (Fsp3) is 0.194. The second kappa shape index (κ2) is 9.84. The Hall–Kier alpha value is -4.63. The molecule has 5 aromatic heterocycles. The number of Topliss-reactive ketones (excluding diaryl/α,β-unsaturated/α-hetero) is 1. The maximum atomic E-state index is 12.6. The molecule has 1 amide bonds. The number of amides is 1. The molecule has 0 saturated heterocycles. The van der Waals surface area contributed by atoms with Crippen molar-refractivity contribution in [3.8, 4) is 33.0 Å². The molecule has 3 N–H and O–H groups in total. The molecule has 40 heavy (non-hydrogen) atoms. The van der Waals surface area contributed by atoms with Gasteiger partial charge in [-0.3, -0.25) is 19.7 Å². The van der Waals surface area contributed by atoms with Gasteiger partial charge in [-0.1, -0.05) is 18.9 Å². The highest BCUT2D eigenvalue weighted by Crippen LogP contribution is 2.37. The van der Waals surface area contributed by atoms with Gasteiger partial charge in [0.25, 0.3) is 0 Å². The molecule has 1 aliphatic rings. The number of nitrogens with zero attached hydrogens (tertiary/aromatic N) is 3. The van der Waals surface area contributed by atoms with E-state index >= 15 is 0 Å². The average Bonchev–Trinajstić information content (AvgIpc) is 3.78. The second-order valence-corrected chi connectivity index (χ2v) is 11.4. The Morgan fingerprint density at radius 1 is 0.975 bits per heavy atom. The molecule has 0 unspecified atom stereocenters. The monoisotopic (exact) mass is 546 g/mol. The summed E-state index contributed by atoms with van der Waals surface area (Å²) in [5.41, 5.74) is 6.92. The van der Waals surface area contributed by atoms with E-state index in [2.05, 4.69) is 42.6 Å². The van der Waals surface area contributed by atoms with Gasteiger partial charge in [0, 0.05) is 45.1 Å². The van der Waals surface area contributed by atoms with Gasteiger partial charge in [0.1, 0.15) is 11.3 Å². The van der Waals surface area contributed by atoms with Crippen molar-refractivity contribution >= 4 is 50.7 Å². The Morgan fingerprint density at radius 3 is 2.67 bits per heavy atom. The number of thiophene rings is 1. The highest BCUT2D eigenvalue weighted by Gasteiger charge is 2.23. The zero-order valence-electron chi connectivity index (χ0n) is 21.8. The maximum absolute atomic E-state index is 12.6. The fourth-order valence-electron chi connectivity index (χ4n) is 5.54. The largest absolute Gasteiger partial charge is 0.338 e. The minimum absolute atomic E-state index is 0.0621. The molecule has 8 nitrogen and oxygen atoms in total. The van der Waals surface area contributed by atoms with Crippen LogP contribution in [-0.2, 0) is 4.79 Å². The van der Waals surface area contributed by atoms with Gasteiger partial charge in [0.2, 0.25) is 5.91 Å². The first-order chi connectivity index (χ1) is 19.5. The SMILES string of the molecule is CC(=O)c1ccc(-c2ccnc3[nH]c(-c4n[nH]c5ccc(-c6cncc(NC(=O)C7CCCC7)c6)cc45)cc23)s1. The first-order valence-corrected chi connectivity index (χ1v) is 14.2. The van der Waals surface area contributed by atoms with Crippen LogP contribution in [0.15, 0.2) is 67.1 Å². The third-order valence-corrected chi connectivity index (χ3v) is 8.85. The molecule has 0 atom stereocenters. The zero-order chi connectivity index (χ0) is 27.2. The van der Waals surface area contributed by atoms with Crippen molar-refractivity contribution in [3.05, 3.63) is 72.0 Å². The molecule has 0 spiro atoms. The minimum Gasteiger partial charge on any atom is -0.338 e. The second-order valence-electron chi connectivity index (χ2n) is 10.3. The Balaban J connectivity index is 1.24. The van der Waals surface area contributed by atoms with E-state index in [1.165, 1.54) is 11.3 Å². The van der Waals surface area contributed by atoms with Crippen molar-refractivity contribution in [2.24, 2.45) is 5.92 Å². The topological polar surface area (TPSA) is 116 Å². The van der Waals surface area contributed by atoms with E-state index in [0.29, 0.717) is 5.69 Å². The average molecular weight is 547 g/mol. The summed E-state index contributed by atoms with van der Waals surface area (Å²) in [5, 5.41) is 12.8. The van der Waals surface area contributed by atoms with Crippen LogP contribution in [0, 0.1) is 5.92 Å². The molecule has 198 valence electrons. The van der Waals surface area contributed by atoms with E-state index in [-0.39, 0.29) is 17.6 Å². The molecule has 9 heteroatoms. The highest BCUT2D eigenvalue weighted by molar-refractivity contribution is 7.17. The number of pyridine rings is 2. The third-order valence-electron chi connectivity index (χ3n) is 7.63. The van der Waals surface area contributed by atoms with Gasteiger partial charge >= 0.3 is 0 Å². The summed E-state index contributed by atoms with van der Waals surface area (Å²) in [7, 11) is 0. The summed E-state index contributed by atoms with van der Waals surface area (Å²) in [6.45, 7) is 1.59. The number of hydrogen-bond donors (Lipinski definition) is 3. The van der Waals surface area contributed by atoms with E-state index in [1.807, 2.05) is 42.6 Å². The van der Waals surface area contributed by atoms with Crippen molar-refractivity contribution in [1.82, 2.24) is 25.1 Å². The normalized spacial score (nSPS) is 13.8. The number of carbonyl (C=O) groups excluding carboxylic acids is 2. The first-order valence-electron chi connectivity index (χ1n) is 13.4. The molecular formula is C31H26N6O2S. The van der Waals surface area contributed by atoms with Crippen molar-refractivity contribution < 1.29 is 9.59 Å². The van der Waals surface area contributed by atoms with Crippen molar-refractivity contribution in [1.29, 1.82) is 0 Å². The van der Waals surface area contributed by atoms with Crippen molar-refractivity contribution in [2.45, 2.75) is 32.6 Å². The van der Waals surface area contributed by atoms with Gasteiger partial charge in [-0.25, -0.2) is 4.98 Å². The quantitative estimate of drug-likeness (QED) is 0.191. The number of ketones is 1. The number of rotatable bonds is 6. The van der Waals surface area contributed by atoms with Gasteiger partial charge in [0.05, 0.1) is 28.0 Å². The number of H-pyrrole nitrogens is 2. The van der Waals surface area contributed by atoms with Gasteiger partial charge in [-0.15, -0.1) is 11.3 Å². The maximum Gasteiger partial charge on any atom is 0.227 e. The van der Waals surface area contributed by atoms with Gasteiger partial charge in [0.15, 0.2) is 5.78 Å². The van der Waals surface area contributed by atoms with Crippen molar-refractivity contribution in [3.63, 3.8) is 0 Å². The standard InChI is InChI=1S/C31H26N6O2S/c1-17(38)27-8-9-28(40-27)22-10-11-33-30-23(22)14-26(35-30)29-24-13-19(6-7-25(24)36-37-29)20-12-21(16-32-15-20)34-31(39)18-4-2-3-5-18/h6-16,18H,2-5H2,1H3,(H,33,35)(H,34,39)(H,36,37). The first kappa shape index (κ1) is 24.4. The predicted octanol–water partition coefficient (Wildman–Crippen LogP) is 7.23. The number of aromatic nitrogens is 5. The summed E-state index contributed by atoms with van der Waals surface area (Å²) in [4.78, 5) is 38.6. The van der Waals surface area contributed by atoms with Crippen LogP contribution in [0.5, 0.6) is 0 Å². The van der Waals surface area contributed by atoms with Crippen LogP contribution in [0.1, 0.15) is 42.3 Å². The molecule has 0 bridgehead atoms. The van der Waals surface area contributed by atoms with Crippen LogP contribution in [0.3, 0.4) is 0 Å². The smallest absolute Gasteiger partial charge is 0.227 e. The summed E-state index contributed by atoms with van der Waals surface area (Å²) >= 11 is 1.48. The van der Waals surface area contributed by atoms with Gasteiger partial charge < -0.3 is 10.3 Å². The number of benzene rings is 1. The van der Waals surface area contributed by atoms with Crippen molar-refractivity contribution in [2.75, 3.05) is 5.32 Å². The lowest BCUT2D eigenvalue weighted by atomic mass is 10.0. The molecule has 0 aliphatic heterocycles. The number of aromatic amines is 2. The van der Waals surface area contributed by atoms with E-state index in [1.54, 1.807) is 19.3 Å². The number of fused-ring (bicyclic) bond motifs is 2. The van der Waals surface area contributed by atoms with Crippen LogP contribution < -0.4 is 5.32 Å². The highest BCUT2D eigenvalue weighted by atomic mass is 32.1. The molecule has 0 radical (unpaired) electrons. The van der Waals surface area contributed by atoms with Crippen LogP contribution in [0.25, 0.3) is 54.9 Å². The van der Waals surface area contributed by atoms with Crippen LogP contribution in [-0.4, -0.2) is 36.8 Å². The zero-order valence-corrected chi connectivity index (χ0v) is 22.6. The predicted molar refractivity (Wildman–Crippen MR) is 158 cm³/mol. The summed E-state index contributed by atoms with van der Waals surface area (Å²) in [6.07, 6.45) is 9.42. The lowest BCUT2D eigenvalue weighted by Crippen LogP contribution is -2.20. The summed E-state index contributed by atoms with van der Waals surface area (Å²) < 4.78 is 0. The van der Waals surface area contributed by atoms with E-state index < -0.39 is 0 Å². The molecule has 5 heterocycles. The lowest BCUT2D eigenvalue weighted by Gasteiger charge is -2.11. The Kier molecular flexibility index (Phi) is 6.00. The number of hydrogen-bond acceptors (Lipinski definition) is 6. The molecule has 1 aromatic carbocycles. The van der Waals surface area contributed by atoms with Gasteiger partial charge in [-0.2, -0.15) is 5.10 Å². The molecule has 1 saturated carbocycles. The number of anilines is 1. The Morgan fingerprint density at radius 2 is 1.85 bits per heavy atom. The molecule has 7 rings (SSSR count). The summed E-state index contributed by atoms with van der Waals surface area (Å²) in [5.74, 6) is 0.235. The van der Waals surface area contributed by atoms with E-state index in [4.69, 9.17) is 0 Å². The molecular weight excluding hydrogens is 520 g/mol. The number of carbonyl (C=O) groups is 2. The lowest BCUT2D eigenvalue weighted by molar-refractivity contribution is -0.119. The molecule has 6 aromatic rings. The third kappa shape index (κ3) is 4.38. The van der Waals surface area contributed by atoms with E-state index in [0.717, 1.165) is 85.5 Å². The molecule has 1 fully saturated rings. The summed E-state index contributed by atoms with van der Waals surface area (Å²) in [6, 6.07) is 16.0.